The van der Waals surface area contributed by atoms with Crippen LogP contribution in [0.1, 0.15) is 31.2 Å². The molecule has 2 N–H and O–H groups in total. The smallest absolute Gasteiger partial charge is 0.222 e. The van der Waals surface area contributed by atoms with Crippen molar-refractivity contribution in [3.63, 3.8) is 0 Å². The Bertz CT molecular complexity index is 517. The monoisotopic (exact) mass is 333 g/mol. The van der Waals surface area contributed by atoms with E-state index in [0.717, 1.165) is 25.1 Å². The number of fused-ring (bicyclic) bond motifs is 1. The lowest BCUT2D eigenvalue weighted by Crippen LogP contribution is -2.38. The zero-order valence-corrected chi connectivity index (χ0v) is 14.0. The molecule has 1 aromatic rings. The molecule has 1 saturated carbocycles. The third-order valence-corrected chi connectivity index (χ3v) is 5.25. The van der Waals surface area contributed by atoms with E-state index in [4.69, 9.17) is 4.74 Å². The Hall–Kier alpha value is -1.43. The highest BCUT2D eigenvalue weighted by atomic mass is 16.5. The molecular formula is C19H27NO4. The van der Waals surface area contributed by atoms with E-state index < -0.39 is 12.2 Å². The van der Waals surface area contributed by atoms with Crippen LogP contribution in [-0.4, -0.2) is 52.9 Å². The predicted octanol–water partition coefficient (Wildman–Crippen LogP) is 1.57. The van der Waals surface area contributed by atoms with E-state index in [2.05, 4.69) is 0 Å². The van der Waals surface area contributed by atoms with Crippen molar-refractivity contribution >= 4 is 5.91 Å². The van der Waals surface area contributed by atoms with E-state index in [-0.39, 0.29) is 5.91 Å². The molecule has 1 amide bonds. The van der Waals surface area contributed by atoms with E-state index >= 15 is 0 Å². The Morgan fingerprint density at radius 1 is 1.08 bits per heavy atom. The zero-order valence-electron chi connectivity index (χ0n) is 14.0. The molecule has 1 saturated heterocycles. The minimum Gasteiger partial charge on any atom is -0.390 e. The van der Waals surface area contributed by atoms with Crippen LogP contribution in [0.2, 0.25) is 0 Å². The molecule has 5 nitrogen and oxygen atoms in total. The fraction of sp³-hybridized carbons (Fsp3) is 0.632. The van der Waals surface area contributed by atoms with Crippen molar-refractivity contribution in [2.75, 3.05) is 19.7 Å². The topological polar surface area (TPSA) is 70.0 Å². The molecule has 2 fully saturated rings. The maximum absolute atomic E-state index is 12.3. The number of carbonyl (C=O) groups excluding carboxylic acids is 1. The summed E-state index contributed by atoms with van der Waals surface area (Å²) in [6.07, 6.45) is 1.17. The van der Waals surface area contributed by atoms with Crippen molar-refractivity contribution in [3.05, 3.63) is 35.9 Å². The van der Waals surface area contributed by atoms with E-state index in [9.17, 15) is 15.0 Å². The van der Waals surface area contributed by atoms with E-state index in [0.29, 0.717) is 44.3 Å². The van der Waals surface area contributed by atoms with Gasteiger partial charge in [-0.15, -0.1) is 0 Å². The van der Waals surface area contributed by atoms with E-state index in [1.807, 2.05) is 35.2 Å². The highest BCUT2D eigenvalue weighted by molar-refractivity contribution is 5.76. The Morgan fingerprint density at radius 3 is 2.33 bits per heavy atom. The SMILES string of the molecule is O=C(CCCOCc1ccccc1)N1C[C@H]2C[C@H](O)[C@H](O)C[C@H]2C1. The molecule has 0 bridgehead atoms. The standard InChI is InChI=1S/C19H27NO4/c21-17-9-15-11-20(12-16(15)10-18(17)22)19(23)7-4-8-24-13-14-5-2-1-3-6-14/h1-3,5-6,15-18,21-22H,4,7-13H2/t15-,16+,17+,18-. The van der Waals surface area contributed by atoms with E-state index in [1.165, 1.54) is 0 Å². The lowest BCUT2D eigenvalue weighted by Gasteiger charge is -2.31. The number of aliphatic hydroxyl groups excluding tert-OH is 2. The van der Waals surface area contributed by atoms with Crippen LogP contribution in [0.4, 0.5) is 0 Å². The lowest BCUT2D eigenvalue weighted by atomic mass is 9.79. The molecule has 0 spiro atoms. The summed E-state index contributed by atoms with van der Waals surface area (Å²) in [7, 11) is 0. The number of benzene rings is 1. The first kappa shape index (κ1) is 17.4. The van der Waals surface area contributed by atoms with Gasteiger partial charge in [0.25, 0.3) is 0 Å². The number of hydrogen-bond donors (Lipinski definition) is 2. The first-order chi connectivity index (χ1) is 11.6. The third-order valence-electron chi connectivity index (χ3n) is 5.25. The molecule has 2 aliphatic rings. The molecule has 4 atom stereocenters. The molecule has 24 heavy (non-hydrogen) atoms. The van der Waals surface area contributed by atoms with Gasteiger partial charge in [-0.2, -0.15) is 0 Å². The Morgan fingerprint density at radius 2 is 1.71 bits per heavy atom. The summed E-state index contributed by atoms with van der Waals surface area (Å²) in [5, 5.41) is 19.5. The molecule has 5 heteroatoms. The lowest BCUT2D eigenvalue weighted by molar-refractivity contribution is -0.130. The van der Waals surface area contributed by atoms with Crippen LogP contribution in [0.25, 0.3) is 0 Å². The number of hydrogen-bond acceptors (Lipinski definition) is 4. The van der Waals surface area contributed by atoms with Gasteiger partial charge in [0.2, 0.25) is 5.91 Å². The fourth-order valence-electron chi connectivity index (χ4n) is 3.86. The Kier molecular flexibility index (Phi) is 5.87. The minimum atomic E-state index is -0.632. The normalized spacial score (nSPS) is 29.5. The maximum Gasteiger partial charge on any atom is 0.222 e. The highest BCUT2D eigenvalue weighted by Crippen LogP contribution is 2.36. The van der Waals surface area contributed by atoms with Gasteiger partial charge in [-0.3, -0.25) is 4.79 Å². The molecule has 1 heterocycles. The maximum atomic E-state index is 12.3. The van der Waals surface area contributed by atoms with Gasteiger partial charge in [0.1, 0.15) is 0 Å². The molecular weight excluding hydrogens is 306 g/mol. The van der Waals surface area contributed by atoms with Gasteiger partial charge < -0.3 is 19.8 Å². The summed E-state index contributed by atoms with van der Waals surface area (Å²) in [4.78, 5) is 14.2. The molecule has 0 radical (unpaired) electrons. The number of likely N-dealkylation sites (tertiary alicyclic amines) is 1. The van der Waals surface area contributed by atoms with Gasteiger partial charge in [0.15, 0.2) is 0 Å². The second kappa shape index (κ2) is 8.10. The number of aliphatic hydroxyl groups is 2. The average molecular weight is 333 g/mol. The number of ether oxygens (including phenoxy) is 1. The van der Waals surface area contributed by atoms with Crippen LogP contribution in [0.15, 0.2) is 30.3 Å². The molecule has 132 valence electrons. The van der Waals surface area contributed by atoms with Crippen LogP contribution in [-0.2, 0) is 16.1 Å². The van der Waals surface area contributed by atoms with Crippen molar-refractivity contribution in [2.24, 2.45) is 11.8 Å². The van der Waals surface area contributed by atoms with Crippen LogP contribution in [0.3, 0.4) is 0 Å². The Labute approximate surface area is 143 Å². The Balaban J connectivity index is 1.34. The quantitative estimate of drug-likeness (QED) is 0.776. The summed E-state index contributed by atoms with van der Waals surface area (Å²) in [6, 6.07) is 10.0. The summed E-state index contributed by atoms with van der Waals surface area (Å²) in [5.41, 5.74) is 1.14. The van der Waals surface area contributed by atoms with E-state index in [1.54, 1.807) is 0 Å². The number of rotatable bonds is 6. The fourth-order valence-corrected chi connectivity index (χ4v) is 3.86. The van der Waals surface area contributed by atoms with Gasteiger partial charge in [-0.25, -0.2) is 0 Å². The molecule has 1 aliphatic carbocycles. The highest BCUT2D eigenvalue weighted by Gasteiger charge is 2.42. The van der Waals surface area contributed by atoms with Crippen LogP contribution >= 0.6 is 0 Å². The summed E-state index contributed by atoms with van der Waals surface area (Å²) in [5.74, 6) is 0.833. The van der Waals surface area contributed by atoms with Crippen molar-refractivity contribution < 1.29 is 19.7 Å². The van der Waals surface area contributed by atoms with Gasteiger partial charge in [-0.05, 0) is 36.7 Å². The second-order valence-corrected chi connectivity index (χ2v) is 7.07. The zero-order chi connectivity index (χ0) is 16.9. The van der Waals surface area contributed by atoms with Crippen molar-refractivity contribution in [1.82, 2.24) is 4.90 Å². The summed E-state index contributed by atoms with van der Waals surface area (Å²) >= 11 is 0. The van der Waals surface area contributed by atoms with Crippen molar-refractivity contribution in [2.45, 2.75) is 44.5 Å². The van der Waals surface area contributed by atoms with Crippen LogP contribution in [0.5, 0.6) is 0 Å². The predicted molar refractivity (Wildman–Crippen MR) is 90.1 cm³/mol. The molecule has 0 unspecified atom stereocenters. The summed E-state index contributed by atoms with van der Waals surface area (Å²) in [6.45, 7) is 2.60. The van der Waals surface area contributed by atoms with Crippen molar-refractivity contribution in [1.29, 1.82) is 0 Å². The average Bonchev–Trinajstić information content (AvgIpc) is 2.98. The molecule has 3 rings (SSSR count). The largest absolute Gasteiger partial charge is 0.390 e. The molecule has 1 aliphatic heterocycles. The van der Waals surface area contributed by atoms with Crippen molar-refractivity contribution in [3.8, 4) is 0 Å². The number of amides is 1. The minimum absolute atomic E-state index is 0.164. The number of nitrogens with zero attached hydrogens (tertiary/aromatic N) is 1. The van der Waals surface area contributed by atoms with Gasteiger partial charge >= 0.3 is 0 Å². The third kappa shape index (κ3) is 4.35. The number of carbonyl (C=O) groups is 1. The van der Waals surface area contributed by atoms with Crippen LogP contribution in [0, 0.1) is 11.8 Å². The summed E-state index contributed by atoms with van der Waals surface area (Å²) < 4.78 is 5.62. The van der Waals surface area contributed by atoms with Gasteiger partial charge in [0, 0.05) is 26.1 Å². The van der Waals surface area contributed by atoms with Crippen LogP contribution < -0.4 is 0 Å². The first-order valence-corrected chi connectivity index (χ1v) is 8.89. The van der Waals surface area contributed by atoms with Gasteiger partial charge in [0.05, 0.1) is 18.8 Å². The first-order valence-electron chi connectivity index (χ1n) is 8.89. The molecule has 0 aromatic heterocycles. The second-order valence-electron chi connectivity index (χ2n) is 7.07. The molecule has 1 aromatic carbocycles. The van der Waals surface area contributed by atoms with Gasteiger partial charge in [-0.1, -0.05) is 30.3 Å².